The van der Waals surface area contributed by atoms with E-state index in [0.29, 0.717) is 16.2 Å². The van der Waals surface area contributed by atoms with E-state index in [4.69, 9.17) is 28.6 Å². The van der Waals surface area contributed by atoms with Crippen LogP contribution in [-0.4, -0.2) is 21.9 Å². The molecule has 0 saturated carbocycles. The molecule has 4 nitrogen and oxygen atoms in total. The third kappa shape index (κ3) is 3.16. The summed E-state index contributed by atoms with van der Waals surface area (Å²) in [6, 6.07) is 13.7. The zero-order valence-electron chi connectivity index (χ0n) is 12.8. The molecule has 0 bridgehead atoms. The van der Waals surface area contributed by atoms with Gasteiger partial charge in [0.2, 0.25) is 0 Å². The molecule has 3 rings (SSSR count). The third-order valence-electron chi connectivity index (χ3n) is 3.62. The molecule has 0 aliphatic carbocycles. The highest BCUT2D eigenvalue weighted by molar-refractivity contribution is 7.71. The first-order valence-corrected chi connectivity index (χ1v) is 7.93. The number of nitrogens with zero attached hydrogens (tertiary/aromatic N) is 2. The van der Waals surface area contributed by atoms with E-state index in [1.807, 2.05) is 54.0 Å². The van der Waals surface area contributed by atoms with Gasteiger partial charge in [0, 0.05) is 11.4 Å². The summed E-state index contributed by atoms with van der Waals surface area (Å²) in [7, 11) is 1.64. The Morgan fingerprint density at radius 1 is 1.26 bits per heavy atom. The molecule has 0 saturated heterocycles. The van der Waals surface area contributed by atoms with Crippen molar-refractivity contribution in [3.63, 3.8) is 0 Å². The van der Waals surface area contributed by atoms with E-state index in [2.05, 4.69) is 10.2 Å². The van der Waals surface area contributed by atoms with Crippen LogP contribution in [0.25, 0.3) is 5.69 Å². The second kappa shape index (κ2) is 6.56. The van der Waals surface area contributed by atoms with Gasteiger partial charge in [0.05, 0.1) is 12.8 Å². The molecule has 0 aliphatic heterocycles. The van der Waals surface area contributed by atoms with Crippen LogP contribution in [0.1, 0.15) is 17.0 Å². The van der Waals surface area contributed by atoms with Crippen molar-refractivity contribution in [2.45, 2.75) is 13.3 Å². The maximum Gasteiger partial charge on any atom is 0.200 e. The minimum absolute atomic E-state index is 0.524. The van der Waals surface area contributed by atoms with Crippen molar-refractivity contribution in [1.82, 2.24) is 14.8 Å². The van der Waals surface area contributed by atoms with Gasteiger partial charge in [0.1, 0.15) is 11.6 Å². The number of aromatic amines is 1. The van der Waals surface area contributed by atoms with Gasteiger partial charge in [-0.2, -0.15) is 5.10 Å². The highest BCUT2D eigenvalue weighted by atomic mass is 35.5. The molecule has 23 heavy (non-hydrogen) atoms. The van der Waals surface area contributed by atoms with Gasteiger partial charge in [-0.15, -0.1) is 0 Å². The summed E-state index contributed by atoms with van der Waals surface area (Å²) in [6.45, 7) is 2.03. The number of methoxy groups -OCH3 is 1. The predicted molar refractivity (Wildman–Crippen MR) is 94.3 cm³/mol. The molecular weight excluding hydrogens is 330 g/mol. The lowest BCUT2D eigenvalue weighted by molar-refractivity contribution is 0.412. The van der Waals surface area contributed by atoms with Gasteiger partial charge in [0.15, 0.2) is 4.77 Å². The number of hydrogen-bond donors (Lipinski definition) is 1. The van der Waals surface area contributed by atoms with Crippen molar-refractivity contribution >= 4 is 23.8 Å². The fourth-order valence-electron chi connectivity index (χ4n) is 2.48. The number of aryl methyl sites for hydroxylation is 1. The summed E-state index contributed by atoms with van der Waals surface area (Å²) < 4.78 is 7.89. The van der Waals surface area contributed by atoms with Crippen LogP contribution >= 0.6 is 23.8 Å². The van der Waals surface area contributed by atoms with E-state index in [1.54, 1.807) is 7.11 Å². The number of benzene rings is 2. The molecule has 2 aromatic carbocycles. The Kier molecular flexibility index (Phi) is 4.50. The second-order valence-electron chi connectivity index (χ2n) is 5.22. The minimum atomic E-state index is 0.524. The van der Waals surface area contributed by atoms with Crippen LogP contribution in [0.4, 0.5) is 0 Å². The fourth-order valence-corrected chi connectivity index (χ4v) is 2.94. The highest BCUT2D eigenvalue weighted by Crippen LogP contribution is 2.27. The zero-order valence-corrected chi connectivity index (χ0v) is 14.4. The van der Waals surface area contributed by atoms with Crippen molar-refractivity contribution in [3.8, 4) is 11.4 Å². The lowest BCUT2D eigenvalue weighted by Gasteiger charge is -2.12. The molecule has 1 heterocycles. The maximum absolute atomic E-state index is 6.27. The van der Waals surface area contributed by atoms with Crippen LogP contribution in [0.15, 0.2) is 42.5 Å². The van der Waals surface area contributed by atoms with Crippen molar-refractivity contribution in [1.29, 1.82) is 0 Å². The Hall–Kier alpha value is -2.11. The molecule has 1 aromatic heterocycles. The maximum atomic E-state index is 6.27. The van der Waals surface area contributed by atoms with Gasteiger partial charge in [0.25, 0.3) is 0 Å². The summed E-state index contributed by atoms with van der Waals surface area (Å²) >= 11 is 11.7. The number of aromatic nitrogens is 3. The van der Waals surface area contributed by atoms with Crippen molar-refractivity contribution in [2.24, 2.45) is 0 Å². The second-order valence-corrected chi connectivity index (χ2v) is 6.02. The van der Waals surface area contributed by atoms with Crippen LogP contribution in [0, 0.1) is 11.7 Å². The van der Waals surface area contributed by atoms with E-state index in [0.717, 1.165) is 28.4 Å². The first-order valence-electron chi connectivity index (χ1n) is 7.15. The monoisotopic (exact) mass is 345 g/mol. The molecule has 0 spiro atoms. The third-order valence-corrected chi connectivity index (χ3v) is 4.27. The molecule has 0 amide bonds. The summed E-state index contributed by atoms with van der Waals surface area (Å²) in [5, 5.41) is 7.94. The number of nitrogens with one attached hydrogen (secondary N) is 1. The fraction of sp³-hybridized carbons (Fsp3) is 0.176. The predicted octanol–water partition coefficient (Wildman–Crippen LogP) is 4.49. The van der Waals surface area contributed by atoms with Crippen LogP contribution in [-0.2, 0) is 6.42 Å². The molecule has 3 aromatic rings. The number of ether oxygens (including phenoxy) is 1. The quantitative estimate of drug-likeness (QED) is 0.708. The Morgan fingerprint density at radius 3 is 2.78 bits per heavy atom. The highest BCUT2D eigenvalue weighted by Gasteiger charge is 2.14. The van der Waals surface area contributed by atoms with Gasteiger partial charge >= 0.3 is 0 Å². The Bertz CT molecular complexity index is 901. The molecule has 0 radical (unpaired) electrons. The van der Waals surface area contributed by atoms with Gasteiger partial charge in [-0.05, 0) is 48.5 Å². The lowest BCUT2D eigenvalue weighted by Crippen LogP contribution is -2.05. The molecule has 1 N–H and O–H groups in total. The largest absolute Gasteiger partial charge is 0.495 e. The van der Waals surface area contributed by atoms with Gasteiger partial charge in [-0.25, -0.2) is 0 Å². The number of halogens is 1. The van der Waals surface area contributed by atoms with Crippen LogP contribution in [0.2, 0.25) is 5.02 Å². The average molecular weight is 346 g/mol. The molecule has 0 unspecified atom stereocenters. The van der Waals surface area contributed by atoms with E-state index >= 15 is 0 Å². The number of hydrogen-bond acceptors (Lipinski definition) is 3. The lowest BCUT2D eigenvalue weighted by atomic mass is 10.1. The van der Waals surface area contributed by atoms with Crippen LogP contribution < -0.4 is 4.74 Å². The first-order chi connectivity index (χ1) is 11.1. The van der Waals surface area contributed by atoms with E-state index < -0.39 is 0 Å². The van der Waals surface area contributed by atoms with Crippen molar-refractivity contribution in [3.05, 3.63) is 69.2 Å². The van der Waals surface area contributed by atoms with Crippen molar-refractivity contribution < 1.29 is 4.74 Å². The first kappa shape index (κ1) is 15.8. The Balaban J connectivity index is 2.12. The molecule has 0 aliphatic rings. The topological polar surface area (TPSA) is 42.8 Å². The summed E-state index contributed by atoms with van der Waals surface area (Å²) in [4.78, 5) is 0. The number of H-pyrrole nitrogens is 1. The van der Waals surface area contributed by atoms with Gasteiger partial charge in [-0.3, -0.25) is 9.67 Å². The van der Waals surface area contributed by atoms with E-state index in [-0.39, 0.29) is 0 Å². The standard InChI is InChI=1S/C17H16ClN3OS/c1-11-7-8-15(22-2)14(9-11)21-16(19-20-17(21)23)10-12-5-3-4-6-13(12)18/h3-9H,10H2,1-2H3,(H,20,23). The molecule has 0 atom stereocenters. The van der Waals surface area contributed by atoms with E-state index in [1.165, 1.54) is 0 Å². The van der Waals surface area contributed by atoms with Crippen LogP contribution in [0.3, 0.4) is 0 Å². The SMILES string of the molecule is COc1ccc(C)cc1-n1c(Cc2ccccc2Cl)n[nH]c1=S. The van der Waals surface area contributed by atoms with Gasteiger partial charge in [-0.1, -0.05) is 35.9 Å². The average Bonchev–Trinajstić information content (AvgIpc) is 2.90. The van der Waals surface area contributed by atoms with Crippen molar-refractivity contribution in [2.75, 3.05) is 7.11 Å². The molecule has 0 fully saturated rings. The summed E-state index contributed by atoms with van der Waals surface area (Å²) in [6.07, 6.45) is 0.573. The summed E-state index contributed by atoms with van der Waals surface area (Å²) in [5.41, 5.74) is 2.98. The normalized spacial score (nSPS) is 10.7. The Labute approximate surface area is 144 Å². The molecular formula is C17H16ClN3OS. The Morgan fingerprint density at radius 2 is 2.04 bits per heavy atom. The van der Waals surface area contributed by atoms with E-state index in [9.17, 15) is 0 Å². The minimum Gasteiger partial charge on any atom is -0.495 e. The molecule has 118 valence electrons. The van der Waals surface area contributed by atoms with Gasteiger partial charge < -0.3 is 4.74 Å². The number of rotatable bonds is 4. The summed E-state index contributed by atoms with van der Waals surface area (Å²) in [5.74, 6) is 1.53. The smallest absolute Gasteiger partial charge is 0.200 e. The van der Waals surface area contributed by atoms with Crippen LogP contribution in [0.5, 0.6) is 5.75 Å². The molecule has 6 heteroatoms. The zero-order chi connectivity index (χ0) is 16.4.